The smallest absolute Gasteiger partial charge is 0.0577 e. The molecule has 274 valence electrons. The van der Waals surface area contributed by atoms with Gasteiger partial charge in [0.05, 0.1) is 5.54 Å². The topological polar surface area (TPSA) is 6.48 Å². The lowest BCUT2D eigenvalue weighted by Gasteiger charge is -2.44. The van der Waals surface area contributed by atoms with Crippen LogP contribution in [0.25, 0.3) is 55.6 Å². The molecular formula is C54H48N2. The number of allylic oxidation sites excluding steroid dienone is 5. The molecule has 0 N–H and O–H groups in total. The van der Waals surface area contributed by atoms with Crippen LogP contribution >= 0.6 is 0 Å². The molecule has 2 aliphatic carbocycles. The van der Waals surface area contributed by atoms with Crippen molar-refractivity contribution < 1.29 is 0 Å². The lowest BCUT2D eigenvalue weighted by Crippen LogP contribution is -2.44. The molecule has 2 heterocycles. The van der Waals surface area contributed by atoms with E-state index in [4.69, 9.17) is 0 Å². The van der Waals surface area contributed by atoms with Gasteiger partial charge in [-0.25, -0.2) is 0 Å². The van der Waals surface area contributed by atoms with Gasteiger partial charge in [-0.05, 0) is 142 Å². The number of aryl methyl sites for hydroxylation is 1. The zero-order chi connectivity index (χ0) is 37.9. The van der Waals surface area contributed by atoms with E-state index in [1.54, 1.807) is 0 Å². The minimum absolute atomic E-state index is 0.0860. The number of hydrogen-bond donors (Lipinski definition) is 0. The second-order valence-corrected chi connectivity index (χ2v) is 17.7. The molecule has 0 spiro atoms. The Labute approximate surface area is 331 Å². The van der Waals surface area contributed by atoms with E-state index in [0.29, 0.717) is 6.04 Å². The van der Waals surface area contributed by atoms with Crippen molar-refractivity contribution >= 4 is 61.5 Å². The molecule has 0 bridgehead atoms. The summed E-state index contributed by atoms with van der Waals surface area (Å²) in [6, 6.07) is 42.4. The van der Waals surface area contributed by atoms with Gasteiger partial charge < -0.3 is 9.80 Å². The minimum Gasteiger partial charge on any atom is -0.338 e. The molecule has 1 unspecified atom stereocenters. The highest BCUT2D eigenvalue weighted by molar-refractivity contribution is 6.26. The minimum atomic E-state index is -0.110. The Hall–Kier alpha value is -5.86. The maximum atomic E-state index is 2.59. The fraction of sp³-hybridized carbons (Fsp3) is 0.222. The number of benzene rings is 7. The fourth-order valence-electron chi connectivity index (χ4n) is 10.7. The van der Waals surface area contributed by atoms with Crippen molar-refractivity contribution in [3.63, 3.8) is 0 Å². The summed E-state index contributed by atoms with van der Waals surface area (Å²) in [6.45, 7) is 11.9. The first-order chi connectivity index (χ1) is 27.2. The number of nitrogens with zero attached hydrogens (tertiary/aromatic N) is 2. The van der Waals surface area contributed by atoms with Gasteiger partial charge in [-0.15, -0.1) is 0 Å². The third-order valence-corrected chi connectivity index (χ3v) is 13.6. The van der Waals surface area contributed by atoms with E-state index >= 15 is 0 Å². The average molecular weight is 725 g/mol. The zero-order valence-electron chi connectivity index (χ0n) is 33.2. The number of para-hydroxylation sites is 1. The van der Waals surface area contributed by atoms with Crippen molar-refractivity contribution in [1.29, 1.82) is 0 Å². The van der Waals surface area contributed by atoms with Crippen molar-refractivity contribution in [2.75, 3.05) is 9.80 Å². The van der Waals surface area contributed by atoms with Crippen LogP contribution < -0.4 is 9.80 Å². The van der Waals surface area contributed by atoms with E-state index in [2.05, 4.69) is 190 Å². The third kappa shape index (κ3) is 4.87. The van der Waals surface area contributed by atoms with Crippen molar-refractivity contribution in [3.05, 3.63) is 173 Å². The SMILES string of the molecule is CC1CCc2ccccc2N1c1ccc2ccc3c(/C=C/c4ccc5c(c4)C(C)(C)c4cc(N6C7=C(C=CCC7)C=CC6(C)C)ccc4-5)ccc4ccc1c2c43. The van der Waals surface area contributed by atoms with Gasteiger partial charge in [0.15, 0.2) is 0 Å². The molecule has 7 aromatic carbocycles. The summed E-state index contributed by atoms with van der Waals surface area (Å²) in [7, 11) is 0. The summed E-state index contributed by atoms with van der Waals surface area (Å²) in [5, 5.41) is 7.98. The van der Waals surface area contributed by atoms with Crippen LogP contribution in [0, 0.1) is 0 Å². The maximum absolute atomic E-state index is 2.59. The lowest BCUT2D eigenvalue weighted by atomic mass is 9.81. The molecule has 11 rings (SSSR count). The molecule has 4 aliphatic rings. The molecule has 0 fully saturated rings. The first kappa shape index (κ1) is 33.5. The van der Waals surface area contributed by atoms with Crippen LogP contribution in [-0.4, -0.2) is 11.6 Å². The number of anilines is 3. The summed E-state index contributed by atoms with van der Waals surface area (Å²) in [6.07, 6.45) is 18.4. The van der Waals surface area contributed by atoms with Crippen molar-refractivity contribution in [3.8, 4) is 11.1 Å². The van der Waals surface area contributed by atoms with Gasteiger partial charge >= 0.3 is 0 Å². The molecule has 56 heavy (non-hydrogen) atoms. The number of rotatable bonds is 4. The average Bonchev–Trinajstić information content (AvgIpc) is 3.43. The Kier molecular flexibility index (Phi) is 7.21. The van der Waals surface area contributed by atoms with Crippen LogP contribution in [0.3, 0.4) is 0 Å². The molecule has 0 radical (unpaired) electrons. The summed E-state index contributed by atoms with van der Waals surface area (Å²) in [5.41, 5.74) is 16.0. The van der Waals surface area contributed by atoms with Gasteiger partial charge in [0.25, 0.3) is 0 Å². The quantitative estimate of drug-likeness (QED) is 0.132. The Balaban J connectivity index is 0.959. The Morgan fingerprint density at radius 3 is 2.25 bits per heavy atom. The molecular weight excluding hydrogens is 677 g/mol. The first-order valence-corrected chi connectivity index (χ1v) is 20.6. The summed E-state index contributed by atoms with van der Waals surface area (Å²) < 4.78 is 0. The third-order valence-electron chi connectivity index (χ3n) is 13.6. The van der Waals surface area contributed by atoms with Crippen LogP contribution in [0.4, 0.5) is 17.1 Å². The summed E-state index contributed by atoms with van der Waals surface area (Å²) >= 11 is 0. The fourth-order valence-corrected chi connectivity index (χ4v) is 10.7. The summed E-state index contributed by atoms with van der Waals surface area (Å²) in [5.74, 6) is 0. The van der Waals surface area contributed by atoms with Crippen LogP contribution in [0.15, 0.2) is 145 Å². The van der Waals surface area contributed by atoms with Crippen LogP contribution in [0.5, 0.6) is 0 Å². The Morgan fingerprint density at radius 1 is 0.661 bits per heavy atom. The lowest BCUT2D eigenvalue weighted by molar-refractivity contribution is 0.578. The van der Waals surface area contributed by atoms with Crippen LogP contribution in [0.2, 0.25) is 0 Å². The highest BCUT2D eigenvalue weighted by atomic mass is 15.2. The van der Waals surface area contributed by atoms with E-state index in [0.717, 1.165) is 25.7 Å². The normalized spacial score (nSPS) is 19.3. The predicted molar refractivity (Wildman–Crippen MR) is 241 cm³/mol. The van der Waals surface area contributed by atoms with Gasteiger partial charge in [0, 0.05) is 39.6 Å². The number of hydrogen-bond acceptors (Lipinski definition) is 2. The van der Waals surface area contributed by atoms with Crippen molar-refractivity contribution in [2.45, 2.75) is 77.3 Å². The van der Waals surface area contributed by atoms with E-state index in [1.165, 1.54) is 99.6 Å². The second kappa shape index (κ2) is 12.1. The molecule has 0 saturated carbocycles. The molecule has 2 aliphatic heterocycles. The zero-order valence-corrected chi connectivity index (χ0v) is 33.2. The molecule has 1 atom stereocenters. The Bertz CT molecular complexity index is 2890. The molecule has 0 aromatic heterocycles. The monoisotopic (exact) mass is 724 g/mol. The molecule has 0 saturated heterocycles. The van der Waals surface area contributed by atoms with Gasteiger partial charge in [-0.1, -0.05) is 135 Å². The van der Waals surface area contributed by atoms with Gasteiger partial charge in [-0.2, -0.15) is 0 Å². The van der Waals surface area contributed by atoms with E-state index in [1.807, 2.05) is 0 Å². The molecule has 0 amide bonds. The highest BCUT2D eigenvalue weighted by Crippen LogP contribution is 2.52. The molecule has 2 heteroatoms. The summed E-state index contributed by atoms with van der Waals surface area (Å²) in [4.78, 5) is 5.18. The van der Waals surface area contributed by atoms with E-state index in [-0.39, 0.29) is 11.0 Å². The molecule has 7 aromatic rings. The van der Waals surface area contributed by atoms with E-state index in [9.17, 15) is 0 Å². The van der Waals surface area contributed by atoms with Crippen molar-refractivity contribution in [2.24, 2.45) is 0 Å². The van der Waals surface area contributed by atoms with E-state index < -0.39 is 0 Å². The largest absolute Gasteiger partial charge is 0.338 e. The van der Waals surface area contributed by atoms with Crippen LogP contribution in [0.1, 0.15) is 81.7 Å². The van der Waals surface area contributed by atoms with Gasteiger partial charge in [-0.3, -0.25) is 0 Å². The first-order valence-electron chi connectivity index (χ1n) is 20.6. The maximum Gasteiger partial charge on any atom is 0.0577 e. The van der Waals surface area contributed by atoms with Crippen molar-refractivity contribution in [1.82, 2.24) is 0 Å². The highest BCUT2D eigenvalue weighted by Gasteiger charge is 2.38. The van der Waals surface area contributed by atoms with Gasteiger partial charge in [0.2, 0.25) is 0 Å². The van der Waals surface area contributed by atoms with Crippen LogP contribution in [-0.2, 0) is 11.8 Å². The van der Waals surface area contributed by atoms with Gasteiger partial charge in [0.1, 0.15) is 0 Å². The molecule has 2 nitrogen and oxygen atoms in total. The predicted octanol–water partition coefficient (Wildman–Crippen LogP) is 14.3. The standard InChI is InChI=1S/C54H48N2/c1-34-14-17-37-10-6-8-12-48(37)55(34)50-29-23-40-21-26-42-36(19-20-39-22-27-45(50)52(40)51(39)42)18-15-35-16-25-43-44-28-24-41(33-47(44)54(4,5)46(43)32-35)56-49-13-9-7-11-38(49)30-31-53(56,2)3/h6-8,10-12,15-16,18-34H,9,13-14,17H2,1-5H3/b18-15+. The number of fused-ring (bicyclic) bond motifs is 4. The second-order valence-electron chi connectivity index (χ2n) is 17.7. The Morgan fingerprint density at radius 2 is 1.39 bits per heavy atom.